The maximum atomic E-state index is 6.20. The Hall–Kier alpha value is -1.51. The Morgan fingerprint density at radius 3 is 2.50 bits per heavy atom. The second-order valence-electron chi connectivity index (χ2n) is 6.31. The molecule has 2 N–H and O–H groups in total. The predicted molar refractivity (Wildman–Crippen MR) is 83.8 cm³/mol. The van der Waals surface area contributed by atoms with Gasteiger partial charge in [0.15, 0.2) is 5.96 Å². The van der Waals surface area contributed by atoms with Gasteiger partial charge in [0.05, 0.1) is 12.1 Å². The van der Waals surface area contributed by atoms with E-state index in [0.717, 1.165) is 18.9 Å². The van der Waals surface area contributed by atoms with E-state index in [1.54, 1.807) is 0 Å². The van der Waals surface area contributed by atoms with Crippen LogP contribution < -0.4 is 5.73 Å². The molecule has 0 radical (unpaired) electrons. The van der Waals surface area contributed by atoms with Crippen molar-refractivity contribution in [3.63, 3.8) is 0 Å². The van der Waals surface area contributed by atoms with Gasteiger partial charge in [-0.15, -0.1) is 0 Å². The zero-order chi connectivity index (χ0) is 14.2. The van der Waals surface area contributed by atoms with Crippen LogP contribution in [0.25, 0.3) is 0 Å². The third-order valence-electron chi connectivity index (χ3n) is 5.00. The van der Waals surface area contributed by atoms with Crippen molar-refractivity contribution in [2.75, 3.05) is 6.54 Å². The molecule has 1 aliphatic heterocycles. The number of hydrogen-bond donors (Lipinski definition) is 1. The van der Waals surface area contributed by atoms with Gasteiger partial charge in [0, 0.05) is 6.04 Å². The van der Waals surface area contributed by atoms with Crippen molar-refractivity contribution >= 4 is 5.96 Å². The summed E-state index contributed by atoms with van der Waals surface area (Å²) in [6.07, 6.45) is 6.22. The van der Waals surface area contributed by atoms with Crippen LogP contribution in [0.15, 0.2) is 29.3 Å². The monoisotopic (exact) mass is 271 g/mol. The zero-order valence-corrected chi connectivity index (χ0v) is 12.6. The van der Waals surface area contributed by atoms with Crippen LogP contribution in [-0.4, -0.2) is 23.4 Å². The van der Waals surface area contributed by atoms with Gasteiger partial charge in [-0.1, -0.05) is 44.0 Å². The van der Waals surface area contributed by atoms with Crippen LogP contribution in [0.5, 0.6) is 0 Å². The Bertz CT molecular complexity index is 499. The minimum atomic E-state index is -0.0641. The Kier molecular flexibility index (Phi) is 3.45. The van der Waals surface area contributed by atoms with Gasteiger partial charge in [-0.3, -0.25) is 4.99 Å². The summed E-state index contributed by atoms with van der Waals surface area (Å²) in [5.74, 6) is 0.735. The highest BCUT2D eigenvalue weighted by Gasteiger charge is 2.43. The van der Waals surface area contributed by atoms with Crippen LogP contribution in [0.2, 0.25) is 0 Å². The molecule has 1 atom stereocenters. The fourth-order valence-electron chi connectivity index (χ4n) is 3.72. The average Bonchev–Trinajstić information content (AvgIpc) is 3.08. The van der Waals surface area contributed by atoms with E-state index in [9.17, 15) is 0 Å². The molecular weight excluding hydrogens is 246 g/mol. The highest BCUT2D eigenvalue weighted by atomic mass is 15.4. The van der Waals surface area contributed by atoms with Crippen molar-refractivity contribution in [2.24, 2.45) is 10.7 Å². The van der Waals surface area contributed by atoms with E-state index in [0.29, 0.717) is 6.04 Å². The summed E-state index contributed by atoms with van der Waals surface area (Å²) in [5, 5.41) is 0. The standard InChI is InChI=1S/C17H25N3/c1-3-13-8-10-14(11-9-13)17(2)12-19-16(18)20(17)15-6-4-5-7-15/h8-11,15H,3-7,12H2,1-2H3,(H2,18,19). The first-order valence-corrected chi connectivity index (χ1v) is 7.84. The molecule has 0 aromatic heterocycles. The summed E-state index contributed by atoms with van der Waals surface area (Å²) < 4.78 is 0. The molecule has 3 rings (SSSR count). The van der Waals surface area contributed by atoms with Gasteiger partial charge < -0.3 is 10.6 Å². The zero-order valence-electron chi connectivity index (χ0n) is 12.6. The number of nitrogens with two attached hydrogens (primary N) is 1. The smallest absolute Gasteiger partial charge is 0.192 e. The van der Waals surface area contributed by atoms with E-state index in [2.05, 4.69) is 48.0 Å². The lowest BCUT2D eigenvalue weighted by Gasteiger charge is -2.41. The molecule has 3 nitrogen and oxygen atoms in total. The Morgan fingerprint density at radius 2 is 1.90 bits per heavy atom. The summed E-state index contributed by atoms with van der Waals surface area (Å²) in [4.78, 5) is 6.94. The van der Waals surface area contributed by atoms with E-state index in [1.165, 1.54) is 36.8 Å². The van der Waals surface area contributed by atoms with Crippen molar-refractivity contribution in [1.29, 1.82) is 0 Å². The van der Waals surface area contributed by atoms with Crippen LogP contribution in [0.4, 0.5) is 0 Å². The molecule has 1 saturated carbocycles. The number of guanidine groups is 1. The Balaban J connectivity index is 1.92. The molecule has 0 amide bonds. The first-order valence-electron chi connectivity index (χ1n) is 7.84. The third-order valence-corrected chi connectivity index (χ3v) is 5.00. The number of nitrogens with zero attached hydrogens (tertiary/aromatic N) is 2. The van der Waals surface area contributed by atoms with Gasteiger partial charge in [-0.25, -0.2) is 0 Å². The normalized spacial score (nSPS) is 27.1. The van der Waals surface area contributed by atoms with Crippen molar-refractivity contribution in [3.8, 4) is 0 Å². The largest absolute Gasteiger partial charge is 0.370 e. The number of rotatable bonds is 3. The summed E-state index contributed by atoms with van der Waals surface area (Å²) in [6.45, 7) is 5.26. The molecule has 1 aliphatic carbocycles. The van der Waals surface area contributed by atoms with E-state index in [4.69, 9.17) is 5.73 Å². The fraction of sp³-hybridized carbons (Fsp3) is 0.588. The number of aliphatic imine (C=N–C) groups is 1. The first kappa shape index (κ1) is 13.5. The second-order valence-corrected chi connectivity index (χ2v) is 6.31. The molecule has 2 aliphatic rings. The van der Waals surface area contributed by atoms with Gasteiger partial charge >= 0.3 is 0 Å². The SMILES string of the molecule is CCc1ccc(C2(C)CN=C(N)N2C2CCCC2)cc1. The molecule has 1 unspecified atom stereocenters. The molecule has 1 heterocycles. The third kappa shape index (κ3) is 2.09. The molecular formula is C17H25N3. The molecule has 1 aromatic rings. The average molecular weight is 271 g/mol. The molecule has 0 bridgehead atoms. The van der Waals surface area contributed by atoms with Crippen molar-refractivity contribution in [1.82, 2.24) is 4.90 Å². The molecule has 108 valence electrons. The van der Waals surface area contributed by atoms with Gasteiger partial charge in [-0.2, -0.15) is 0 Å². The lowest BCUT2D eigenvalue weighted by atomic mass is 9.88. The second kappa shape index (κ2) is 5.12. The summed E-state index contributed by atoms with van der Waals surface area (Å²) >= 11 is 0. The van der Waals surface area contributed by atoms with E-state index >= 15 is 0 Å². The van der Waals surface area contributed by atoms with Gasteiger partial charge in [0.2, 0.25) is 0 Å². The molecule has 1 aromatic carbocycles. The summed E-state index contributed by atoms with van der Waals surface area (Å²) in [6, 6.07) is 9.56. The maximum absolute atomic E-state index is 6.20. The minimum absolute atomic E-state index is 0.0641. The minimum Gasteiger partial charge on any atom is -0.370 e. The van der Waals surface area contributed by atoms with Crippen LogP contribution in [-0.2, 0) is 12.0 Å². The van der Waals surface area contributed by atoms with Gasteiger partial charge in [-0.05, 0) is 37.3 Å². The quantitative estimate of drug-likeness (QED) is 0.918. The van der Waals surface area contributed by atoms with Crippen molar-refractivity contribution in [3.05, 3.63) is 35.4 Å². The summed E-state index contributed by atoms with van der Waals surface area (Å²) in [5.41, 5.74) is 8.86. The van der Waals surface area contributed by atoms with Crippen molar-refractivity contribution < 1.29 is 0 Å². The first-order chi connectivity index (χ1) is 9.65. The van der Waals surface area contributed by atoms with Gasteiger partial charge in [0.1, 0.15) is 0 Å². The predicted octanol–water partition coefficient (Wildman–Crippen LogP) is 3.04. The fourth-order valence-corrected chi connectivity index (χ4v) is 3.72. The molecule has 0 saturated heterocycles. The van der Waals surface area contributed by atoms with Crippen LogP contribution >= 0.6 is 0 Å². The van der Waals surface area contributed by atoms with Gasteiger partial charge in [0.25, 0.3) is 0 Å². The molecule has 20 heavy (non-hydrogen) atoms. The Labute approximate surface area is 121 Å². The van der Waals surface area contributed by atoms with E-state index < -0.39 is 0 Å². The maximum Gasteiger partial charge on any atom is 0.192 e. The highest BCUT2D eigenvalue weighted by Crippen LogP contribution is 2.38. The van der Waals surface area contributed by atoms with Crippen molar-refractivity contribution in [2.45, 2.75) is 57.5 Å². The van der Waals surface area contributed by atoms with Crippen LogP contribution in [0.3, 0.4) is 0 Å². The summed E-state index contributed by atoms with van der Waals surface area (Å²) in [7, 11) is 0. The number of aryl methyl sites for hydroxylation is 1. The molecule has 0 spiro atoms. The molecule has 1 fully saturated rings. The Morgan fingerprint density at radius 1 is 1.25 bits per heavy atom. The van der Waals surface area contributed by atoms with Crippen LogP contribution in [0.1, 0.15) is 50.7 Å². The lowest BCUT2D eigenvalue weighted by molar-refractivity contribution is 0.167. The number of hydrogen-bond acceptors (Lipinski definition) is 3. The van der Waals surface area contributed by atoms with E-state index in [1.807, 2.05) is 0 Å². The highest BCUT2D eigenvalue weighted by molar-refractivity contribution is 5.81. The van der Waals surface area contributed by atoms with Crippen LogP contribution in [0, 0.1) is 0 Å². The van der Waals surface area contributed by atoms with E-state index in [-0.39, 0.29) is 5.54 Å². The molecule has 3 heteroatoms. The number of benzene rings is 1. The lowest BCUT2D eigenvalue weighted by Crippen LogP contribution is -2.52. The topological polar surface area (TPSA) is 41.6 Å².